The Hall–Kier alpha value is -2.97. The first-order valence-corrected chi connectivity index (χ1v) is 10.9. The van der Waals surface area contributed by atoms with E-state index in [9.17, 15) is 4.79 Å². The number of nitrogens with zero attached hydrogens (tertiary/aromatic N) is 4. The lowest BCUT2D eigenvalue weighted by Crippen LogP contribution is -2.47. The van der Waals surface area contributed by atoms with Crippen molar-refractivity contribution in [3.8, 4) is 10.9 Å². The predicted molar refractivity (Wildman–Crippen MR) is 114 cm³/mol. The van der Waals surface area contributed by atoms with Crippen LogP contribution in [0.3, 0.4) is 0 Å². The molecule has 6 rings (SSSR count). The maximum atomic E-state index is 11.7. The second kappa shape index (κ2) is 6.78. The zero-order valence-electron chi connectivity index (χ0n) is 16.4. The number of hydrogen-bond acceptors (Lipinski definition) is 7. The van der Waals surface area contributed by atoms with Crippen LogP contribution in [-0.4, -0.2) is 50.8 Å². The van der Waals surface area contributed by atoms with Crippen molar-refractivity contribution in [2.45, 2.75) is 32.0 Å². The number of carbonyl (C=O) groups is 1. The fourth-order valence-corrected chi connectivity index (χ4v) is 5.49. The second-order valence-electron chi connectivity index (χ2n) is 7.97. The Kier molecular flexibility index (Phi) is 4.04. The molecule has 2 atom stereocenters. The van der Waals surface area contributed by atoms with Gasteiger partial charge in [0.2, 0.25) is 5.91 Å². The summed E-state index contributed by atoms with van der Waals surface area (Å²) in [4.78, 5) is 24.9. The van der Waals surface area contributed by atoms with Gasteiger partial charge in [0.15, 0.2) is 5.65 Å². The van der Waals surface area contributed by atoms with Crippen LogP contribution in [0.4, 0.5) is 0 Å². The van der Waals surface area contributed by atoms with E-state index in [0.29, 0.717) is 28.7 Å². The molecule has 3 aromatic heterocycles. The van der Waals surface area contributed by atoms with Crippen molar-refractivity contribution in [2.75, 3.05) is 13.1 Å². The van der Waals surface area contributed by atoms with Crippen molar-refractivity contribution in [1.29, 1.82) is 0 Å². The van der Waals surface area contributed by atoms with E-state index in [4.69, 9.17) is 9.15 Å². The molecule has 1 amide bonds. The van der Waals surface area contributed by atoms with Gasteiger partial charge < -0.3 is 14.1 Å². The topological polar surface area (TPSA) is 71.7 Å². The van der Waals surface area contributed by atoms with E-state index in [-0.39, 0.29) is 5.91 Å². The van der Waals surface area contributed by atoms with Gasteiger partial charge in [-0.2, -0.15) is 4.98 Å². The highest BCUT2D eigenvalue weighted by atomic mass is 32.1. The molecule has 1 aromatic carbocycles. The standard InChI is InChI=1S/C22H20N4O3S/c1-13(27)26-11-15-7-16(26)10-25(15)9-14-12-28-19-8-17(4-5-18(14)19)29-22-24-21-20(30-22)3-2-6-23-21/h2-6,8,12,15-16H,7,9-11H2,1H3/t15-,16-/m1/s1. The van der Waals surface area contributed by atoms with E-state index in [1.807, 2.05) is 41.5 Å². The maximum Gasteiger partial charge on any atom is 0.281 e. The smallest absolute Gasteiger partial charge is 0.281 e. The van der Waals surface area contributed by atoms with Crippen LogP contribution in [0.1, 0.15) is 18.9 Å². The summed E-state index contributed by atoms with van der Waals surface area (Å²) in [7, 11) is 0. The van der Waals surface area contributed by atoms with Crippen molar-refractivity contribution in [3.05, 3.63) is 48.4 Å². The van der Waals surface area contributed by atoms with Gasteiger partial charge in [-0.3, -0.25) is 9.69 Å². The first-order valence-electron chi connectivity index (χ1n) is 10.0. The first kappa shape index (κ1) is 17.9. The van der Waals surface area contributed by atoms with Crippen LogP contribution in [-0.2, 0) is 11.3 Å². The lowest BCUT2D eigenvalue weighted by Gasteiger charge is -2.33. The van der Waals surface area contributed by atoms with E-state index in [1.54, 1.807) is 13.1 Å². The Balaban J connectivity index is 1.20. The normalized spacial score (nSPS) is 21.2. The number of benzene rings is 1. The molecule has 8 heteroatoms. The number of likely N-dealkylation sites (tertiary alicyclic amines) is 2. The minimum Gasteiger partial charge on any atom is -0.464 e. The van der Waals surface area contributed by atoms with Gasteiger partial charge in [-0.05, 0) is 30.7 Å². The molecule has 5 heterocycles. The fourth-order valence-electron chi connectivity index (χ4n) is 4.69. The van der Waals surface area contributed by atoms with Gasteiger partial charge in [0.25, 0.3) is 5.19 Å². The third-order valence-corrected chi connectivity index (χ3v) is 7.00. The molecule has 2 bridgehead atoms. The SMILES string of the molecule is CC(=O)N1C[C@H]2C[C@@H]1CN2Cc1coc2cc(Oc3nc4ncccc4s3)ccc12. The molecule has 0 saturated carbocycles. The largest absolute Gasteiger partial charge is 0.464 e. The molecule has 30 heavy (non-hydrogen) atoms. The number of piperazine rings is 1. The average Bonchev–Trinajstić information content (AvgIpc) is 3.50. The van der Waals surface area contributed by atoms with E-state index in [0.717, 1.165) is 41.7 Å². The number of amides is 1. The maximum absolute atomic E-state index is 11.7. The summed E-state index contributed by atoms with van der Waals surface area (Å²) in [6.07, 6.45) is 4.64. The van der Waals surface area contributed by atoms with Gasteiger partial charge in [-0.15, -0.1) is 0 Å². The zero-order valence-corrected chi connectivity index (χ0v) is 17.3. The Morgan fingerprint density at radius 3 is 3.03 bits per heavy atom. The summed E-state index contributed by atoms with van der Waals surface area (Å²) in [5.74, 6) is 0.882. The molecule has 152 valence electrons. The summed E-state index contributed by atoms with van der Waals surface area (Å²) in [6, 6.07) is 10.6. The highest BCUT2D eigenvalue weighted by Gasteiger charge is 2.44. The molecule has 2 aliphatic heterocycles. The van der Waals surface area contributed by atoms with Gasteiger partial charge in [0, 0.05) is 61.9 Å². The van der Waals surface area contributed by atoms with E-state index < -0.39 is 0 Å². The molecule has 0 spiro atoms. The third-order valence-electron chi connectivity index (χ3n) is 6.11. The molecule has 0 N–H and O–H groups in total. The highest BCUT2D eigenvalue weighted by molar-refractivity contribution is 7.20. The van der Waals surface area contributed by atoms with Crippen LogP contribution in [0.25, 0.3) is 21.3 Å². The van der Waals surface area contributed by atoms with Gasteiger partial charge >= 0.3 is 0 Å². The number of ether oxygens (including phenoxy) is 1. The Morgan fingerprint density at radius 2 is 2.23 bits per heavy atom. The molecule has 2 fully saturated rings. The van der Waals surface area contributed by atoms with Crippen molar-refractivity contribution < 1.29 is 13.9 Å². The molecule has 0 unspecified atom stereocenters. The number of aromatic nitrogens is 2. The molecule has 7 nitrogen and oxygen atoms in total. The highest BCUT2D eigenvalue weighted by Crippen LogP contribution is 2.35. The lowest BCUT2D eigenvalue weighted by atomic mass is 10.1. The van der Waals surface area contributed by atoms with Crippen LogP contribution in [0.2, 0.25) is 0 Å². The van der Waals surface area contributed by atoms with E-state index in [1.165, 1.54) is 16.9 Å². The average molecular weight is 420 g/mol. The Morgan fingerprint density at radius 1 is 1.30 bits per heavy atom. The lowest BCUT2D eigenvalue weighted by molar-refractivity contribution is -0.131. The van der Waals surface area contributed by atoms with Crippen LogP contribution in [0, 0.1) is 0 Å². The van der Waals surface area contributed by atoms with E-state index >= 15 is 0 Å². The quantitative estimate of drug-likeness (QED) is 0.496. The fraction of sp³-hybridized carbons (Fsp3) is 0.318. The number of furan rings is 1. The van der Waals surface area contributed by atoms with Crippen LogP contribution >= 0.6 is 11.3 Å². The summed E-state index contributed by atoms with van der Waals surface area (Å²) >= 11 is 1.47. The molecular formula is C22H20N4O3S. The molecule has 2 aliphatic rings. The summed E-state index contributed by atoms with van der Waals surface area (Å²) < 4.78 is 12.8. The van der Waals surface area contributed by atoms with Crippen molar-refractivity contribution >= 4 is 38.6 Å². The zero-order chi connectivity index (χ0) is 20.2. The number of carbonyl (C=O) groups excluding carboxylic acids is 1. The molecule has 0 radical (unpaired) electrons. The van der Waals surface area contributed by atoms with Crippen LogP contribution in [0.15, 0.2) is 47.2 Å². The number of fused-ring (bicyclic) bond motifs is 4. The Bertz CT molecular complexity index is 1230. The molecule has 0 aliphatic carbocycles. The number of rotatable bonds is 4. The van der Waals surface area contributed by atoms with E-state index in [2.05, 4.69) is 14.9 Å². The van der Waals surface area contributed by atoms with Gasteiger partial charge in [-0.1, -0.05) is 11.3 Å². The Labute approximate surface area is 176 Å². The molecule has 2 saturated heterocycles. The van der Waals surface area contributed by atoms with Gasteiger partial charge in [0.05, 0.1) is 11.0 Å². The van der Waals surface area contributed by atoms with Crippen molar-refractivity contribution in [3.63, 3.8) is 0 Å². The number of pyridine rings is 1. The summed E-state index contributed by atoms with van der Waals surface area (Å²) in [6.45, 7) is 4.28. The number of hydrogen-bond donors (Lipinski definition) is 0. The summed E-state index contributed by atoms with van der Waals surface area (Å²) in [5, 5.41) is 1.66. The minimum atomic E-state index is 0.187. The van der Waals surface area contributed by atoms with Gasteiger partial charge in [0.1, 0.15) is 11.3 Å². The predicted octanol–water partition coefficient (Wildman–Crippen LogP) is 4.03. The number of thiazole rings is 1. The molecular weight excluding hydrogens is 400 g/mol. The molecule has 4 aromatic rings. The third kappa shape index (κ3) is 2.95. The second-order valence-corrected chi connectivity index (χ2v) is 8.96. The monoisotopic (exact) mass is 420 g/mol. The minimum absolute atomic E-state index is 0.187. The van der Waals surface area contributed by atoms with Crippen LogP contribution in [0.5, 0.6) is 10.9 Å². The van der Waals surface area contributed by atoms with Gasteiger partial charge in [-0.25, -0.2) is 4.98 Å². The first-order chi connectivity index (χ1) is 14.6. The van der Waals surface area contributed by atoms with Crippen molar-refractivity contribution in [2.24, 2.45) is 0 Å². The van der Waals surface area contributed by atoms with Crippen molar-refractivity contribution in [1.82, 2.24) is 19.8 Å². The summed E-state index contributed by atoms with van der Waals surface area (Å²) in [5.41, 5.74) is 2.67. The van der Waals surface area contributed by atoms with Crippen LogP contribution < -0.4 is 4.74 Å².